The SMILES string of the molecule is Cc1nc2cc(Cl)cc(CCN)c2s1. The van der Waals surface area contributed by atoms with E-state index in [0.717, 1.165) is 22.0 Å². The molecule has 14 heavy (non-hydrogen) atoms. The summed E-state index contributed by atoms with van der Waals surface area (Å²) < 4.78 is 1.22. The molecule has 0 bridgehead atoms. The van der Waals surface area contributed by atoms with Gasteiger partial charge in [0.25, 0.3) is 0 Å². The molecule has 2 nitrogen and oxygen atoms in total. The van der Waals surface area contributed by atoms with Gasteiger partial charge in [-0.25, -0.2) is 4.98 Å². The number of rotatable bonds is 2. The normalized spacial score (nSPS) is 11.1. The van der Waals surface area contributed by atoms with Gasteiger partial charge in [0.2, 0.25) is 0 Å². The molecule has 0 radical (unpaired) electrons. The molecule has 0 saturated heterocycles. The maximum absolute atomic E-state index is 5.99. The quantitative estimate of drug-likeness (QED) is 0.855. The zero-order valence-corrected chi connectivity index (χ0v) is 9.45. The van der Waals surface area contributed by atoms with E-state index in [9.17, 15) is 0 Å². The summed E-state index contributed by atoms with van der Waals surface area (Å²) in [6, 6.07) is 3.88. The smallest absolute Gasteiger partial charge is 0.0907 e. The van der Waals surface area contributed by atoms with Crippen LogP contribution in [0.4, 0.5) is 0 Å². The average Bonchev–Trinajstić information content (AvgIpc) is 2.45. The van der Waals surface area contributed by atoms with Gasteiger partial charge in [-0.15, -0.1) is 11.3 Å². The second kappa shape index (κ2) is 3.85. The molecule has 2 N–H and O–H groups in total. The number of thiazole rings is 1. The second-order valence-corrected chi connectivity index (χ2v) is 4.82. The van der Waals surface area contributed by atoms with Gasteiger partial charge in [-0.2, -0.15) is 0 Å². The Kier molecular flexibility index (Phi) is 2.72. The Hall–Kier alpha value is -0.640. The van der Waals surface area contributed by atoms with Crippen LogP contribution in [0.15, 0.2) is 12.1 Å². The summed E-state index contributed by atoms with van der Waals surface area (Å²) in [6.45, 7) is 2.65. The molecule has 1 aromatic carbocycles. The van der Waals surface area contributed by atoms with Gasteiger partial charge in [-0.3, -0.25) is 0 Å². The van der Waals surface area contributed by atoms with Crippen LogP contribution < -0.4 is 5.73 Å². The van der Waals surface area contributed by atoms with Crippen LogP contribution in [0.3, 0.4) is 0 Å². The van der Waals surface area contributed by atoms with Gasteiger partial charge in [0.05, 0.1) is 15.2 Å². The predicted octanol–water partition coefficient (Wildman–Crippen LogP) is 2.76. The van der Waals surface area contributed by atoms with Crippen molar-refractivity contribution in [2.75, 3.05) is 6.54 Å². The van der Waals surface area contributed by atoms with Crippen molar-refractivity contribution in [2.45, 2.75) is 13.3 Å². The summed E-state index contributed by atoms with van der Waals surface area (Å²) in [7, 11) is 0. The number of benzene rings is 1. The predicted molar refractivity (Wildman–Crippen MR) is 62.1 cm³/mol. The summed E-state index contributed by atoms with van der Waals surface area (Å²) >= 11 is 7.69. The molecule has 0 aliphatic carbocycles. The third-order valence-corrected chi connectivity index (χ3v) is 3.33. The summed E-state index contributed by atoms with van der Waals surface area (Å²) in [4.78, 5) is 4.41. The minimum atomic E-state index is 0.645. The van der Waals surface area contributed by atoms with E-state index in [0.29, 0.717) is 6.54 Å². The summed E-state index contributed by atoms with van der Waals surface area (Å²) in [5.74, 6) is 0. The van der Waals surface area contributed by atoms with Crippen LogP contribution in [0.5, 0.6) is 0 Å². The van der Waals surface area contributed by atoms with Crippen LogP contribution in [0.1, 0.15) is 10.6 Å². The fraction of sp³-hybridized carbons (Fsp3) is 0.300. The topological polar surface area (TPSA) is 38.9 Å². The molecule has 1 aromatic heterocycles. The van der Waals surface area contributed by atoms with Gasteiger partial charge < -0.3 is 5.73 Å². The first kappa shape index (κ1) is 9.90. The molecule has 74 valence electrons. The third kappa shape index (κ3) is 1.75. The monoisotopic (exact) mass is 226 g/mol. The lowest BCUT2D eigenvalue weighted by atomic mass is 10.1. The van der Waals surface area contributed by atoms with Crippen molar-refractivity contribution in [3.63, 3.8) is 0 Å². The number of aromatic nitrogens is 1. The number of fused-ring (bicyclic) bond motifs is 1. The fourth-order valence-corrected chi connectivity index (χ4v) is 2.69. The van der Waals surface area contributed by atoms with Gasteiger partial charge in [-0.05, 0) is 37.6 Å². The lowest BCUT2D eigenvalue weighted by Gasteiger charge is -2.00. The molecule has 1 heterocycles. The Morgan fingerprint density at radius 3 is 3.00 bits per heavy atom. The first-order valence-electron chi connectivity index (χ1n) is 4.46. The highest BCUT2D eigenvalue weighted by atomic mass is 35.5. The van der Waals surface area contributed by atoms with Crippen molar-refractivity contribution < 1.29 is 0 Å². The van der Waals surface area contributed by atoms with Crippen molar-refractivity contribution in [2.24, 2.45) is 5.73 Å². The highest BCUT2D eigenvalue weighted by Gasteiger charge is 2.07. The van der Waals surface area contributed by atoms with E-state index >= 15 is 0 Å². The molecule has 4 heteroatoms. The second-order valence-electron chi connectivity index (χ2n) is 3.18. The van der Waals surface area contributed by atoms with E-state index in [1.165, 1.54) is 10.3 Å². The largest absolute Gasteiger partial charge is 0.330 e. The number of hydrogen-bond acceptors (Lipinski definition) is 3. The van der Waals surface area contributed by atoms with Gasteiger partial charge in [-0.1, -0.05) is 11.6 Å². The van der Waals surface area contributed by atoms with Crippen molar-refractivity contribution >= 4 is 33.2 Å². The number of nitrogens with two attached hydrogens (primary N) is 1. The van der Waals surface area contributed by atoms with Crippen molar-refractivity contribution in [3.8, 4) is 0 Å². The molecule has 0 unspecified atom stereocenters. The average molecular weight is 227 g/mol. The van der Waals surface area contributed by atoms with Crippen molar-refractivity contribution in [1.29, 1.82) is 0 Å². The zero-order valence-electron chi connectivity index (χ0n) is 7.88. The van der Waals surface area contributed by atoms with E-state index in [2.05, 4.69) is 4.98 Å². The summed E-state index contributed by atoms with van der Waals surface area (Å²) in [5.41, 5.74) is 7.75. The molecule has 0 atom stereocenters. The Bertz CT molecular complexity index is 464. The van der Waals surface area contributed by atoms with Crippen LogP contribution in [0, 0.1) is 6.92 Å². The fourth-order valence-electron chi connectivity index (χ4n) is 1.52. The number of halogens is 1. The number of aryl methyl sites for hydroxylation is 1. The number of hydrogen-bond donors (Lipinski definition) is 1. The first-order valence-corrected chi connectivity index (χ1v) is 5.66. The molecule has 0 spiro atoms. The standard InChI is InChI=1S/C10H11ClN2S/c1-6-13-9-5-8(11)4-7(2-3-12)10(9)14-6/h4-5H,2-3,12H2,1H3. The maximum Gasteiger partial charge on any atom is 0.0907 e. The Morgan fingerprint density at radius 2 is 2.29 bits per heavy atom. The van der Waals surface area contributed by atoms with Crippen LogP contribution in [-0.2, 0) is 6.42 Å². The Labute approximate surface area is 91.7 Å². The first-order chi connectivity index (χ1) is 6.70. The molecule has 0 saturated carbocycles. The van der Waals surface area contributed by atoms with E-state index in [1.54, 1.807) is 11.3 Å². The lowest BCUT2D eigenvalue weighted by molar-refractivity contribution is 0.979. The summed E-state index contributed by atoms with van der Waals surface area (Å²) in [6.07, 6.45) is 0.860. The van der Waals surface area contributed by atoms with Crippen LogP contribution in [-0.4, -0.2) is 11.5 Å². The summed E-state index contributed by atoms with van der Waals surface area (Å²) in [5, 5.41) is 1.81. The van der Waals surface area contributed by atoms with Crippen LogP contribution in [0.2, 0.25) is 5.02 Å². The Morgan fingerprint density at radius 1 is 1.50 bits per heavy atom. The molecule has 0 aliphatic heterocycles. The van der Waals surface area contributed by atoms with E-state index in [1.807, 2.05) is 19.1 Å². The van der Waals surface area contributed by atoms with E-state index in [4.69, 9.17) is 17.3 Å². The molecular weight excluding hydrogens is 216 g/mol. The highest BCUT2D eigenvalue weighted by molar-refractivity contribution is 7.18. The third-order valence-electron chi connectivity index (χ3n) is 2.05. The molecule has 0 aliphatic rings. The molecular formula is C10H11ClN2S. The molecule has 2 aromatic rings. The Balaban J connectivity index is 2.66. The van der Waals surface area contributed by atoms with E-state index < -0.39 is 0 Å². The minimum Gasteiger partial charge on any atom is -0.330 e. The molecule has 0 amide bonds. The van der Waals surface area contributed by atoms with Gasteiger partial charge in [0.15, 0.2) is 0 Å². The van der Waals surface area contributed by atoms with Gasteiger partial charge >= 0.3 is 0 Å². The zero-order chi connectivity index (χ0) is 10.1. The lowest BCUT2D eigenvalue weighted by Crippen LogP contribution is -2.02. The van der Waals surface area contributed by atoms with Gasteiger partial charge in [0, 0.05) is 5.02 Å². The number of nitrogens with zero attached hydrogens (tertiary/aromatic N) is 1. The maximum atomic E-state index is 5.99. The van der Waals surface area contributed by atoms with E-state index in [-0.39, 0.29) is 0 Å². The van der Waals surface area contributed by atoms with Crippen LogP contribution in [0.25, 0.3) is 10.2 Å². The van der Waals surface area contributed by atoms with Crippen LogP contribution >= 0.6 is 22.9 Å². The molecule has 2 rings (SSSR count). The van der Waals surface area contributed by atoms with Crippen molar-refractivity contribution in [3.05, 3.63) is 27.7 Å². The minimum absolute atomic E-state index is 0.645. The van der Waals surface area contributed by atoms with Crippen molar-refractivity contribution in [1.82, 2.24) is 4.98 Å². The molecule has 0 fully saturated rings. The highest BCUT2D eigenvalue weighted by Crippen LogP contribution is 2.28. The van der Waals surface area contributed by atoms with Gasteiger partial charge in [0.1, 0.15) is 0 Å².